The zero-order valence-electron chi connectivity index (χ0n) is 9.90. The number of anilines is 2. The molecular formula is C11H19N5. The topological polar surface area (TPSA) is 53.1 Å². The van der Waals surface area contributed by atoms with Crippen LogP contribution in [0, 0.1) is 0 Å². The van der Waals surface area contributed by atoms with E-state index in [0.29, 0.717) is 0 Å². The molecule has 1 heterocycles. The lowest BCUT2D eigenvalue weighted by molar-refractivity contribution is 0.337. The van der Waals surface area contributed by atoms with Crippen LogP contribution in [-0.4, -0.2) is 48.1 Å². The van der Waals surface area contributed by atoms with Crippen molar-refractivity contribution in [2.45, 2.75) is 18.9 Å². The smallest absolute Gasteiger partial charge is 0.147 e. The van der Waals surface area contributed by atoms with E-state index in [2.05, 4.69) is 32.5 Å². The third-order valence-electron chi connectivity index (χ3n) is 2.83. The first-order chi connectivity index (χ1) is 7.79. The van der Waals surface area contributed by atoms with Crippen LogP contribution in [0.5, 0.6) is 0 Å². The van der Waals surface area contributed by atoms with E-state index in [1.54, 1.807) is 12.4 Å². The molecule has 0 bridgehead atoms. The maximum Gasteiger partial charge on any atom is 0.147 e. The summed E-state index contributed by atoms with van der Waals surface area (Å²) in [5.41, 5.74) is 0. The Morgan fingerprint density at radius 1 is 1.38 bits per heavy atom. The predicted molar refractivity (Wildman–Crippen MR) is 65.7 cm³/mol. The van der Waals surface area contributed by atoms with E-state index in [4.69, 9.17) is 0 Å². The number of hydrogen-bond donors (Lipinski definition) is 2. The molecule has 1 aliphatic rings. The maximum absolute atomic E-state index is 4.35. The van der Waals surface area contributed by atoms with Crippen LogP contribution in [0.1, 0.15) is 12.8 Å². The van der Waals surface area contributed by atoms with Crippen LogP contribution in [0.4, 0.5) is 11.6 Å². The molecule has 0 atom stereocenters. The second kappa shape index (κ2) is 5.12. The molecule has 2 N–H and O–H groups in total. The third-order valence-corrected chi connectivity index (χ3v) is 2.83. The zero-order chi connectivity index (χ0) is 11.4. The molecule has 1 aromatic heterocycles. The molecule has 5 nitrogen and oxygen atoms in total. The van der Waals surface area contributed by atoms with Crippen LogP contribution in [-0.2, 0) is 0 Å². The summed E-state index contributed by atoms with van der Waals surface area (Å²) in [7, 11) is 4.02. The molecule has 88 valence electrons. The van der Waals surface area contributed by atoms with Gasteiger partial charge < -0.3 is 15.5 Å². The van der Waals surface area contributed by atoms with Crippen LogP contribution in [0.3, 0.4) is 0 Å². The van der Waals surface area contributed by atoms with Crippen molar-refractivity contribution in [3.8, 4) is 0 Å². The minimum atomic E-state index is 0.792. The van der Waals surface area contributed by atoms with Gasteiger partial charge in [0.1, 0.15) is 11.6 Å². The van der Waals surface area contributed by atoms with Gasteiger partial charge in [0.05, 0.1) is 12.4 Å². The number of hydrogen-bond acceptors (Lipinski definition) is 5. The Labute approximate surface area is 96.3 Å². The van der Waals surface area contributed by atoms with Crippen molar-refractivity contribution in [2.24, 2.45) is 0 Å². The molecule has 1 fully saturated rings. The summed E-state index contributed by atoms with van der Waals surface area (Å²) in [5.74, 6) is 1.62. The van der Waals surface area contributed by atoms with Gasteiger partial charge in [0.15, 0.2) is 0 Å². The number of nitrogens with one attached hydrogen (secondary N) is 2. The molecule has 0 amide bonds. The largest absolute Gasteiger partial charge is 0.372 e. The van der Waals surface area contributed by atoms with Gasteiger partial charge in [-0.3, -0.25) is 4.98 Å². The lowest BCUT2D eigenvalue weighted by Gasteiger charge is -2.15. The van der Waals surface area contributed by atoms with Crippen molar-refractivity contribution in [3.05, 3.63) is 12.4 Å². The first-order valence-corrected chi connectivity index (χ1v) is 5.73. The lowest BCUT2D eigenvalue weighted by Crippen LogP contribution is -2.27. The van der Waals surface area contributed by atoms with Crippen molar-refractivity contribution in [3.63, 3.8) is 0 Å². The van der Waals surface area contributed by atoms with Gasteiger partial charge in [-0.15, -0.1) is 0 Å². The molecule has 2 rings (SSSR count). The molecule has 0 unspecified atom stereocenters. The van der Waals surface area contributed by atoms with Crippen molar-refractivity contribution < 1.29 is 0 Å². The Balaban J connectivity index is 1.75. The van der Waals surface area contributed by atoms with E-state index < -0.39 is 0 Å². The summed E-state index contributed by atoms with van der Waals surface area (Å²) in [6, 6.07) is 0.816. The van der Waals surface area contributed by atoms with E-state index in [1.165, 1.54) is 12.8 Å². The summed E-state index contributed by atoms with van der Waals surface area (Å²) in [4.78, 5) is 10.8. The van der Waals surface area contributed by atoms with Crippen LogP contribution in [0.25, 0.3) is 0 Å². The standard InChI is InChI=1S/C11H19N5/c1-12-10-7-13-8-11(15-10)14-5-6-16(2)9-3-4-9/h7-9H,3-6H2,1-2H3,(H2,12,14,15). The van der Waals surface area contributed by atoms with Crippen LogP contribution >= 0.6 is 0 Å². The summed E-state index contributed by atoms with van der Waals surface area (Å²) in [6.45, 7) is 1.96. The van der Waals surface area contributed by atoms with Crippen molar-refractivity contribution in [1.29, 1.82) is 0 Å². The van der Waals surface area contributed by atoms with Gasteiger partial charge in [-0.2, -0.15) is 0 Å². The average molecular weight is 221 g/mol. The van der Waals surface area contributed by atoms with Crippen LogP contribution in [0.2, 0.25) is 0 Å². The molecule has 16 heavy (non-hydrogen) atoms. The molecule has 5 heteroatoms. The first-order valence-electron chi connectivity index (χ1n) is 5.73. The van der Waals surface area contributed by atoms with Crippen LogP contribution in [0.15, 0.2) is 12.4 Å². The quantitative estimate of drug-likeness (QED) is 0.751. The van der Waals surface area contributed by atoms with Gasteiger partial charge >= 0.3 is 0 Å². The fraction of sp³-hybridized carbons (Fsp3) is 0.636. The Hall–Kier alpha value is -1.36. The Bertz CT molecular complexity index is 337. The zero-order valence-corrected chi connectivity index (χ0v) is 9.90. The number of aromatic nitrogens is 2. The van der Waals surface area contributed by atoms with E-state index >= 15 is 0 Å². The van der Waals surface area contributed by atoms with Gasteiger partial charge in [-0.05, 0) is 19.9 Å². The number of likely N-dealkylation sites (N-methyl/N-ethyl adjacent to an activating group) is 1. The van der Waals surface area contributed by atoms with Crippen molar-refractivity contribution in [1.82, 2.24) is 14.9 Å². The predicted octanol–water partition coefficient (Wildman–Crippen LogP) is 1.02. The monoisotopic (exact) mass is 221 g/mol. The normalized spacial score (nSPS) is 15.2. The van der Waals surface area contributed by atoms with Gasteiger partial charge in [0.2, 0.25) is 0 Å². The van der Waals surface area contributed by atoms with Gasteiger partial charge in [0, 0.05) is 26.2 Å². The Kier molecular flexibility index (Phi) is 3.56. The third kappa shape index (κ3) is 3.06. The van der Waals surface area contributed by atoms with E-state index in [1.807, 2.05) is 7.05 Å². The number of rotatable bonds is 6. The first kappa shape index (κ1) is 11.1. The fourth-order valence-electron chi connectivity index (χ4n) is 1.63. The highest BCUT2D eigenvalue weighted by molar-refractivity contribution is 5.40. The maximum atomic E-state index is 4.35. The summed E-state index contributed by atoms with van der Waals surface area (Å²) in [6.07, 6.45) is 6.16. The van der Waals surface area contributed by atoms with Crippen molar-refractivity contribution in [2.75, 3.05) is 37.8 Å². The van der Waals surface area contributed by atoms with Gasteiger partial charge in [0.25, 0.3) is 0 Å². The molecular weight excluding hydrogens is 202 g/mol. The molecule has 1 aromatic rings. The second-order valence-electron chi connectivity index (χ2n) is 4.18. The Morgan fingerprint density at radius 2 is 2.12 bits per heavy atom. The minimum Gasteiger partial charge on any atom is -0.372 e. The SMILES string of the molecule is CNc1cncc(NCCN(C)C2CC2)n1. The van der Waals surface area contributed by atoms with E-state index in [9.17, 15) is 0 Å². The number of nitrogens with zero attached hydrogens (tertiary/aromatic N) is 3. The second-order valence-corrected chi connectivity index (χ2v) is 4.18. The van der Waals surface area contributed by atoms with Gasteiger partial charge in [-0.25, -0.2) is 4.98 Å². The Morgan fingerprint density at radius 3 is 2.81 bits per heavy atom. The van der Waals surface area contributed by atoms with Crippen molar-refractivity contribution >= 4 is 11.6 Å². The highest BCUT2D eigenvalue weighted by Crippen LogP contribution is 2.24. The van der Waals surface area contributed by atoms with Crippen LogP contribution < -0.4 is 10.6 Å². The molecule has 0 saturated heterocycles. The summed E-state index contributed by atoms with van der Waals surface area (Å²) >= 11 is 0. The molecule has 0 radical (unpaired) electrons. The molecule has 1 aliphatic carbocycles. The highest BCUT2D eigenvalue weighted by atomic mass is 15.2. The van der Waals surface area contributed by atoms with E-state index in [-0.39, 0.29) is 0 Å². The highest BCUT2D eigenvalue weighted by Gasteiger charge is 2.25. The molecule has 0 spiro atoms. The van der Waals surface area contributed by atoms with E-state index in [0.717, 1.165) is 30.8 Å². The molecule has 0 aromatic carbocycles. The summed E-state index contributed by atoms with van der Waals surface area (Å²) < 4.78 is 0. The molecule has 1 saturated carbocycles. The lowest BCUT2D eigenvalue weighted by atomic mass is 10.5. The molecule has 0 aliphatic heterocycles. The summed E-state index contributed by atoms with van der Waals surface area (Å²) in [5, 5.41) is 6.25. The fourth-order valence-corrected chi connectivity index (χ4v) is 1.63. The van der Waals surface area contributed by atoms with Gasteiger partial charge in [-0.1, -0.05) is 0 Å². The average Bonchev–Trinajstić information content (AvgIpc) is 3.13. The minimum absolute atomic E-state index is 0.792.